The molecule has 0 saturated carbocycles. The first kappa shape index (κ1) is 20.3. The zero-order valence-corrected chi connectivity index (χ0v) is 16.6. The third kappa shape index (κ3) is 4.52. The minimum atomic E-state index is -3.64. The monoisotopic (exact) mass is 417 g/mol. The first-order valence-corrected chi connectivity index (χ1v) is 10.6. The molecule has 0 aliphatic heterocycles. The molecule has 2 aromatic rings. The molecule has 2 N–H and O–H groups in total. The molecule has 1 unspecified atom stereocenters. The van der Waals surface area contributed by atoms with Crippen LogP contribution < -0.4 is 4.72 Å². The van der Waals surface area contributed by atoms with E-state index in [2.05, 4.69) is 11.3 Å². The van der Waals surface area contributed by atoms with Crippen LogP contribution in [0.5, 0.6) is 0 Å². The Morgan fingerprint density at radius 1 is 1.21 bits per heavy atom. The number of carboxylic acids is 1. The van der Waals surface area contributed by atoms with Crippen molar-refractivity contribution in [3.8, 4) is 0 Å². The van der Waals surface area contributed by atoms with Crippen molar-refractivity contribution in [3.63, 3.8) is 0 Å². The number of sulfonamides is 1. The average molecular weight is 418 g/mol. The van der Waals surface area contributed by atoms with Crippen LogP contribution in [0.15, 0.2) is 53.9 Å². The zero-order valence-electron chi connectivity index (χ0n) is 15.1. The summed E-state index contributed by atoms with van der Waals surface area (Å²) in [5.41, 5.74) is 3.73. The van der Waals surface area contributed by atoms with Crippen LogP contribution in [0.1, 0.15) is 28.7 Å². The Morgan fingerprint density at radius 2 is 1.93 bits per heavy atom. The molecule has 1 aliphatic rings. The second kappa shape index (κ2) is 8.31. The van der Waals surface area contributed by atoms with E-state index in [0.717, 1.165) is 28.3 Å². The third-order valence-electron chi connectivity index (χ3n) is 4.76. The lowest BCUT2D eigenvalue weighted by atomic mass is 9.83. The van der Waals surface area contributed by atoms with Crippen molar-refractivity contribution < 1.29 is 18.3 Å². The normalized spacial score (nSPS) is 16.7. The molecule has 146 valence electrons. The number of benzene rings is 2. The maximum atomic E-state index is 12.6. The molecule has 0 heterocycles. The second-order valence-corrected chi connectivity index (χ2v) is 8.75. The van der Waals surface area contributed by atoms with Crippen LogP contribution >= 0.6 is 11.6 Å². The van der Waals surface area contributed by atoms with Gasteiger partial charge in [-0.05, 0) is 71.9 Å². The van der Waals surface area contributed by atoms with E-state index in [9.17, 15) is 13.2 Å². The molecular formula is C21H20ClNO4S. The lowest BCUT2D eigenvalue weighted by molar-refractivity contribution is -0.131. The lowest BCUT2D eigenvalue weighted by Gasteiger charge is -2.27. The number of fused-ring (bicyclic) bond motifs is 1. The van der Waals surface area contributed by atoms with Gasteiger partial charge in [0.15, 0.2) is 0 Å². The molecule has 0 amide bonds. The van der Waals surface area contributed by atoms with Crippen molar-refractivity contribution in [1.82, 2.24) is 4.72 Å². The van der Waals surface area contributed by atoms with Crippen LogP contribution in [0.2, 0.25) is 5.02 Å². The molecule has 0 radical (unpaired) electrons. The highest BCUT2D eigenvalue weighted by molar-refractivity contribution is 7.89. The topological polar surface area (TPSA) is 83.5 Å². The van der Waals surface area contributed by atoms with Gasteiger partial charge in [-0.25, -0.2) is 17.9 Å². The van der Waals surface area contributed by atoms with E-state index in [1.54, 1.807) is 24.3 Å². The minimum Gasteiger partial charge on any atom is -0.478 e. The van der Waals surface area contributed by atoms with E-state index in [1.807, 2.05) is 12.1 Å². The number of halogens is 1. The van der Waals surface area contributed by atoms with E-state index in [1.165, 1.54) is 12.1 Å². The Bertz CT molecular complexity index is 1040. The minimum absolute atomic E-state index is 0.176. The summed E-state index contributed by atoms with van der Waals surface area (Å²) in [5, 5.41) is 9.42. The standard InChI is InChI=1S/C21H20ClNO4S/c1-2-14-3-4-15-13-17(7-10-20(15)19(14)11-12-21(24)25)23-28(26,27)18-8-5-16(22)6-9-18/h2-6,8-9,11-12,17,23H,1,7,10,13H2,(H,24,25)/b12-11+. The molecule has 5 nitrogen and oxygen atoms in total. The summed E-state index contributed by atoms with van der Waals surface area (Å²) in [6, 6.07) is 9.64. The van der Waals surface area contributed by atoms with Gasteiger partial charge in [0.05, 0.1) is 4.90 Å². The fourth-order valence-electron chi connectivity index (χ4n) is 3.43. The Balaban J connectivity index is 1.85. The molecule has 0 saturated heterocycles. The van der Waals surface area contributed by atoms with Gasteiger partial charge in [-0.1, -0.05) is 36.4 Å². The maximum Gasteiger partial charge on any atom is 0.328 e. The first-order chi connectivity index (χ1) is 13.3. The Kier molecular flexibility index (Phi) is 6.03. The van der Waals surface area contributed by atoms with E-state index in [0.29, 0.717) is 24.3 Å². The molecule has 0 bridgehead atoms. The van der Waals surface area contributed by atoms with Gasteiger partial charge in [0.2, 0.25) is 10.0 Å². The van der Waals surface area contributed by atoms with Crippen molar-refractivity contribution in [2.75, 3.05) is 0 Å². The summed E-state index contributed by atoms with van der Waals surface area (Å²) in [4.78, 5) is 11.1. The van der Waals surface area contributed by atoms with Crippen LogP contribution in [0, 0.1) is 0 Å². The van der Waals surface area contributed by atoms with Gasteiger partial charge in [-0.2, -0.15) is 0 Å². The zero-order chi connectivity index (χ0) is 20.3. The van der Waals surface area contributed by atoms with Crippen molar-refractivity contribution in [1.29, 1.82) is 0 Å². The fraction of sp³-hybridized carbons (Fsp3) is 0.190. The number of aliphatic carboxylic acids is 1. The van der Waals surface area contributed by atoms with Crippen LogP contribution in [-0.2, 0) is 27.7 Å². The van der Waals surface area contributed by atoms with Gasteiger partial charge in [0.25, 0.3) is 0 Å². The summed E-state index contributed by atoms with van der Waals surface area (Å²) >= 11 is 5.83. The maximum absolute atomic E-state index is 12.6. The van der Waals surface area contributed by atoms with Gasteiger partial charge in [-0.15, -0.1) is 0 Å². The predicted octanol–water partition coefficient (Wildman–Crippen LogP) is 3.92. The lowest BCUT2D eigenvalue weighted by Crippen LogP contribution is -2.39. The van der Waals surface area contributed by atoms with Crippen LogP contribution in [0.4, 0.5) is 0 Å². The highest BCUT2D eigenvalue weighted by atomic mass is 35.5. The van der Waals surface area contributed by atoms with Gasteiger partial charge in [0, 0.05) is 17.1 Å². The fourth-order valence-corrected chi connectivity index (χ4v) is 4.83. The summed E-state index contributed by atoms with van der Waals surface area (Å²) < 4.78 is 28.0. The van der Waals surface area contributed by atoms with E-state index < -0.39 is 16.0 Å². The molecular weight excluding hydrogens is 398 g/mol. The van der Waals surface area contributed by atoms with Gasteiger partial charge in [-0.3, -0.25) is 0 Å². The highest BCUT2D eigenvalue weighted by Crippen LogP contribution is 2.29. The van der Waals surface area contributed by atoms with Crippen molar-refractivity contribution >= 4 is 39.7 Å². The van der Waals surface area contributed by atoms with Gasteiger partial charge < -0.3 is 5.11 Å². The van der Waals surface area contributed by atoms with Crippen molar-refractivity contribution in [3.05, 3.63) is 76.3 Å². The van der Waals surface area contributed by atoms with Crippen molar-refractivity contribution in [2.45, 2.75) is 30.2 Å². The number of hydrogen-bond acceptors (Lipinski definition) is 3. The van der Waals surface area contributed by atoms with E-state index in [-0.39, 0.29) is 10.9 Å². The van der Waals surface area contributed by atoms with E-state index >= 15 is 0 Å². The van der Waals surface area contributed by atoms with Crippen LogP contribution in [0.3, 0.4) is 0 Å². The van der Waals surface area contributed by atoms with Gasteiger partial charge in [0.1, 0.15) is 0 Å². The molecule has 7 heteroatoms. The molecule has 2 aromatic carbocycles. The summed E-state index contributed by atoms with van der Waals surface area (Å²) in [5.74, 6) is -1.02. The second-order valence-electron chi connectivity index (χ2n) is 6.60. The summed E-state index contributed by atoms with van der Waals surface area (Å²) in [6.45, 7) is 3.79. The summed E-state index contributed by atoms with van der Waals surface area (Å²) in [7, 11) is -3.64. The molecule has 0 fully saturated rings. The molecule has 1 aliphatic carbocycles. The first-order valence-electron chi connectivity index (χ1n) is 8.76. The van der Waals surface area contributed by atoms with Gasteiger partial charge >= 0.3 is 5.97 Å². The highest BCUT2D eigenvalue weighted by Gasteiger charge is 2.26. The van der Waals surface area contributed by atoms with E-state index in [4.69, 9.17) is 16.7 Å². The van der Waals surface area contributed by atoms with Crippen LogP contribution in [-0.4, -0.2) is 25.5 Å². The SMILES string of the molecule is C=Cc1ccc2c(c1/C=C/C(=O)O)CCC(NS(=O)(=O)c1ccc(Cl)cc1)C2. The Morgan fingerprint density at radius 3 is 2.57 bits per heavy atom. The third-order valence-corrected chi connectivity index (χ3v) is 6.54. The number of carbonyl (C=O) groups is 1. The number of rotatable bonds is 6. The number of carboxylic acid groups (broad SMARTS) is 1. The van der Waals surface area contributed by atoms with Crippen molar-refractivity contribution in [2.24, 2.45) is 0 Å². The quantitative estimate of drug-likeness (QED) is 0.698. The molecule has 3 rings (SSSR count). The molecule has 1 atom stereocenters. The smallest absolute Gasteiger partial charge is 0.328 e. The Labute approximate surface area is 169 Å². The largest absolute Gasteiger partial charge is 0.478 e. The number of nitrogens with one attached hydrogen (secondary N) is 1. The Hall–Kier alpha value is -2.41. The molecule has 28 heavy (non-hydrogen) atoms. The molecule has 0 spiro atoms. The van der Waals surface area contributed by atoms with Crippen LogP contribution in [0.25, 0.3) is 12.2 Å². The average Bonchev–Trinajstić information content (AvgIpc) is 2.65. The predicted molar refractivity (Wildman–Crippen MR) is 111 cm³/mol. The molecule has 0 aromatic heterocycles. The summed E-state index contributed by atoms with van der Waals surface area (Å²) in [6.07, 6.45) is 6.18. The number of hydrogen-bond donors (Lipinski definition) is 2.